The van der Waals surface area contributed by atoms with Crippen LogP contribution in [0.1, 0.15) is 40.6 Å². The van der Waals surface area contributed by atoms with Gasteiger partial charge in [0.05, 0.1) is 12.2 Å². The lowest BCUT2D eigenvalue weighted by Crippen LogP contribution is -2.31. The van der Waals surface area contributed by atoms with E-state index in [0.717, 1.165) is 30.6 Å². The van der Waals surface area contributed by atoms with Gasteiger partial charge in [0, 0.05) is 24.5 Å². The maximum Gasteiger partial charge on any atom is 0.272 e. The van der Waals surface area contributed by atoms with Crippen LogP contribution in [0.4, 0.5) is 0 Å². The molecule has 3 aromatic rings. The lowest BCUT2D eigenvalue weighted by Gasteiger charge is -2.23. The van der Waals surface area contributed by atoms with E-state index in [1.807, 2.05) is 48.3 Å². The number of hydrogen-bond acceptors (Lipinski definition) is 4. The van der Waals surface area contributed by atoms with Crippen molar-refractivity contribution in [3.8, 4) is 5.75 Å². The number of carbonyl (C=O) groups excluding carboxylic acids is 1. The van der Waals surface area contributed by atoms with Gasteiger partial charge in [-0.2, -0.15) is 10.2 Å². The highest BCUT2D eigenvalue weighted by Gasteiger charge is 2.25. The van der Waals surface area contributed by atoms with Gasteiger partial charge in [-0.25, -0.2) is 4.68 Å². The number of nitrogens with one attached hydrogen (secondary N) is 1. The highest BCUT2D eigenvalue weighted by molar-refractivity contribution is 5.92. The van der Waals surface area contributed by atoms with Gasteiger partial charge in [0.1, 0.15) is 11.4 Å². The molecule has 1 amide bonds. The van der Waals surface area contributed by atoms with Gasteiger partial charge >= 0.3 is 0 Å². The number of nitrogens with zero attached hydrogens (tertiary/aromatic N) is 4. The van der Waals surface area contributed by atoms with Gasteiger partial charge in [0.15, 0.2) is 6.73 Å². The number of para-hydroxylation sites is 1. The molecule has 0 spiro atoms. The Morgan fingerprint density at radius 2 is 2.15 bits per heavy atom. The summed E-state index contributed by atoms with van der Waals surface area (Å²) in [4.78, 5) is 12.6. The molecule has 1 atom stereocenters. The fourth-order valence-electron chi connectivity index (χ4n) is 3.30. The van der Waals surface area contributed by atoms with Crippen LogP contribution in [0, 0.1) is 0 Å². The van der Waals surface area contributed by atoms with Crippen LogP contribution in [0.2, 0.25) is 0 Å². The molecule has 0 fully saturated rings. The molecule has 0 saturated carbocycles. The van der Waals surface area contributed by atoms with Gasteiger partial charge in [-0.3, -0.25) is 9.48 Å². The number of carbonyl (C=O) groups is 1. The van der Waals surface area contributed by atoms with Crippen molar-refractivity contribution in [2.75, 3.05) is 0 Å². The molecular weight excluding hydrogens is 330 g/mol. The standard InChI is InChI=1S/C19H21N5O2/c1-23-18-9-5-8-16(15(18)12-20-23)21-19(25)17-10-11-24(22-17)13-26-14-6-3-2-4-7-14/h2-4,6-7,10-12,16H,5,8-9,13H2,1H3,(H,21,25)/t16-/m1/s1. The molecule has 0 radical (unpaired) electrons. The minimum Gasteiger partial charge on any atom is -0.471 e. The molecule has 134 valence electrons. The first kappa shape index (κ1) is 16.4. The number of aryl methyl sites for hydroxylation is 1. The van der Waals surface area contributed by atoms with E-state index >= 15 is 0 Å². The van der Waals surface area contributed by atoms with Crippen molar-refractivity contribution in [2.45, 2.75) is 32.0 Å². The zero-order chi connectivity index (χ0) is 17.9. The van der Waals surface area contributed by atoms with Gasteiger partial charge in [-0.05, 0) is 37.5 Å². The summed E-state index contributed by atoms with van der Waals surface area (Å²) in [6.07, 6.45) is 6.56. The van der Waals surface area contributed by atoms with E-state index in [2.05, 4.69) is 15.5 Å². The number of hydrogen-bond donors (Lipinski definition) is 1. The van der Waals surface area contributed by atoms with Crippen LogP contribution in [0.5, 0.6) is 5.75 Å². The largest absolute Gasteiger partial charge is 0.471 e. The Bertz CT molecular complexity index is 900. The van der Waals surface area contributed by atoms with Crippen LogP contribution < -0.4 is 10.1 Å². The predicted molar refractivity (Wildman–Crippen MR) is 95.7 cm³/mol. The van der Waals surface area contributed by atoms with Crippen LogP contribution in [0.3, 0.4) is 0 Å². The molecular formula is C19H21N5O2. The minimum atomic E-state index is -0.176. The second kappa shape index (κ2) is 7.03. The van der Waals surface area contributed by atoms with Crippen LogP contribution >= 0.6 is 0 Å². The topological polar surface area (TPSA) is 74.0 Å². The van der Waals surface area contributed by atoms with Crippen molar-refractivity contribution in [3.05, 3.63) is 65.7 Å². The fourth-order valence-corrected chi connectivity index (χ4v) is 3.30. The first-order valence-electron chi connectivity index (χ1n) is 8.73. The fraction of sp³-hybridized carbons (Fsp3) is 0.316. The van der Waals surface area contributed by atoms with Gasteiger partial charge in [-0.1, -0.05) is 18.2 Å². The lowest BCUT2D eigenvalue weighted by atomic mass is 9.93. The van der Waals surface area contributed by atoms with Crippen molar-refractivity contribution in [1.29, 1.82) is 0 Å². The second-order valence-electron chi connectivity index (χ2n) is 6.42. The molecule has 1 N–H and O–H groups in total. The first-order valence-corrected chi connectivity index (χ1v) is 8.73. The smallest absolute Gasteiger partial charge is 0.272 e. The molecule has 0 unspecified atom stereocenters. The molecule has 1 aliphatic rings. The monoisotopic (exact) mass is 351 g/mol. The number of aromatic nitrogens is 4. The predicted octanol–water partition coefficient (Wildman–Crippen LogP) is 2.46. The van der Waals surface area contributed by atoms with Crippen molar-refractivity contribution in [1.82, 2.24) is 24.9 Å². The molecule has 1 aliphatic carbocycles. The van der Waals surface area contributed by atoms with Crippen LogP contribution in [0.25, 0.3) is 0 Å². The summed E-state index contributed by atoms with van der Waals surface area (Å²) in [6.45, 7) is 0.257. The Morgan fingerprint density at radius 3 is 3.00 bits per heavy atom. The average molecular weight is 351 g/mol. The van der Waals surface area contributed by atoms with E-state index in [1.54, 1.807) is 16.9 Å². The first-order chi connectivity index (χ1) is 12.7. The van der Waals surface area contributed by atoms with Crippen molar-refractivity contribution in [2.24, 2.45) is 7.05 Å². The third-order valence-corrected chi connectivity index (χ3v) is 4.66. The molecule has 1 aromatic carbocycles. The summed E-state index contributed by atoms with van der Waals surface area (Å²) in [7, 11) is 1.94. The Balaban J connectivity index is 1.39. The Morgan fingerprint density at radius 1 is 1.31 bits per heavy atom. The van der Waals surface area contributed by atoms with E-state index in [0.29, 0.717) is 5.69 Å². The normalized spacial score (nSPS) is 16.1. The van der Waals surface area contributed by atoms with Gasteiger partial charge in [0.2, 0.25) is 0 Å². The average Bonchev–Trinajstić information content (AvgIpc) is 3.29. The quantitative estimate of drug-likeness (QED) is 0.766. The Kier molecular flexibility index (Phi) is 4.43. The van der Waals surface area contributed by atoms with Crippen LogP contribution in [0.15, 0.2) is 48.8 Å². The number of benzene rings is 1. The van der Waals surface area contributed by atoms with Crippen LogP contribution in [-0.2, 0) is 20.2 Å². The summed E-state index contributed by atoms with van der Waals surface area (Å²) in [5.74, 6) is 0.588. The van der Waals surface area contributed by atoms with Crippen molar-refractivity contribution >= 4 is 5.91 Å². The van der Waals surface area contributed by atoms with Crippen molar-refractivity contribution < 1.29 is 9.53 Å². The van der Waals surface area contributed by atoms with Gasteiger partial charge in [0.25, 0.3) is 5.91 Å². The molecule has 4 rings (SSSR count). The zero-order valence-corrected chi connectivity index (χ0v) is 14.6. The third kappa shape index (κ3) is 3.33. The highest BCUT2D eigenvalue weighted by Crippen LogP contribution is 2.29. The van der Waals surface area contributed by atoms with E-state index < -0.39 is 0 Å². The molecule has 7 heteroatoms. The molecule has 2 aromatic heterocycles. The van der Waals surface area contributed by atoms with Gasteiger partial charge in [-0.15, -0.1) is 0 Å². The number of rotatable bonds is 5. The maximum absolute atomic E-state index is 12.6. The van der Waals surface area contributed by atoms with E-state index in [9.17, 15) is 4.79 Å². The summed E-state index contributed by atoms with van der Waals surface area (Å²) in [5, 5.41) is 11.7. The summed E-state index contributed by atoms with van der Waals surface area (Å²) in [5.41, 5.74) is 2.69. The summed E-state index contributed by atoms with van der Waals surface area (Å²) >= 11 is 0. The minimum absolute atomic E-state index is 0.00864. The zero-order valence-electron chi connectivity index (χ0n) is 14.6. The molecule has 26 heavy (non-hydrogen) atoms. The number of fused-ring (bicyclic) bond motifs is 1. The highest BCUT2D eigenvalue weighted by atomic mass is 16.5. The second-order valence-corrected chi connectivity index (χ2v) is 6.42. The summed E-state index contributed by atoms with van der Waals surface area (Å²) < 4.78 is 9.14. The summed E-state index contributed by atoms with van der Waals surface area (Å²) in [6, 6.07) is 11.2. The van der Waals surface area contributed by atoms with Gasteiger partial charge < -0.3 is 10.1 Å². The Hall–Kier alpha value is -3.09. The van der Waals surface area contributed by atoms with Crippen LogP contribution in [-0.4, -0.2) is 25.5 Å². The SMILES string of the molecule is Cn1ncc2c1CCC[C@H]2NC(=O)c1ccn(COc2ccccc2)n1. The molecule has 0 bridgehead atoms. The lowest BCUT2D eigenvalue weighted by molar-refractivity contribution is 0.0925. The van der Waals surface area contributed by atoms with E-state index in [-0.39, 0.29) is 18.7 Å². The molecule has 0 aliphatic heterocycles. The molecule has 7 nitrogen and oxygen atoms in total. The number of amides is 1. The van der Waals surface area contributed by atoms with E-state index in [1.165, 1.54) is 5.69 Å². The van der Waals surface area contributed by atoms with Crippen molar-refractivity contribution in [3.63, 3.8) is 0 Å². The molecule has 2 heterocycles. The van der Waals surface area contributed by atoms with E-state index in [4.69, 9.17) is 4.74 Å². The number of ether oxygens (including phenoxy) is 1. The molecule has 0 saturated heterocycles. The Labute approximate surface area is 151 Å². The maximum atomic E-state index is 12.6. The third-order valence-electron chi connectivity index (χ3n) is 4.66.